The van der Waals surface area contributed by atoms with Crippen molar-refractivity contribution in [3.63, 3.8) is 0 Å². The molecule has 0 aliphatic heterocycles. The number of hydrogen-bond acceptors (Lipinski definition) is 1. The lowest BCUT2D eigenvalue weighted by Crippen LogP contribution is -1.97. The van der Waals surface area contributed by atoms with Gasteiger partial charge in [-0.15, -0.1) is 0 Å². The van der Waals surface area contributed by atoms with Crippen molar-refractivity contribution in [2.45, 2.75) is 0 Å². The lowest BCUT2D eigenvalue weighted by Gasteiger charge is -2.06. The molecule has 0 radical (unpaired) electrons. The van der Waals surface area contributed by atoms with Crippen LogP contribution in [0.5, 0.6) is 5.75 Å². The molecular weight excluding hydrogens is 283 g/mol. The van der Waals surface area contributed by atoms with Crippen molar-refractivity contribution in [3.8, 4) is 16.9 Å². The van der Waals surface area contributed by atoms with E-state index in [1.54, 1.807) is 12.1 Å². The molecule has 3 heteroatoms. The second-order valence-electron chi connectivity index (χ2n) is 3.54. The average molecular weight is 295 g/mol. The fourth-order valence-electron chi connectivity index (χ4n) is 1.58. The molecule has 2 aromatic carbocycles. The first-order valence-corrected chi connectivity index (χ1v) is 6.47. The second kappa shape index (κ2) is 5.82. The van der Waals surface area contributed by atoms with E-state index in [0.29, 0.717) is 12.2 Å². The Bertz CT molecular complexity index is 482. The van der Waals surface area contributed by atoms with Crippen LogP contribution < -0.4 is 4.74 Å². The van der Waals surface area contributed by atoms with Gasteiger partial charge in [0.05, 0.1) is 6.61 Å². The molecular formula is C14H12BrFO. The van der Waals surface area contributed by atoms with Crippen molar-refractivity contribution < 1.29 is 9.13 Å². The first kappa shape index (κ1) is 12.1. The van der Waals surface area contributed by atoms with Gasteiger partial charge in [-0.2, -0.15) is 0 Å². The van der Waals surface area contributed by atoms with Crippen LogP contribution in [0.2, 0.25) is 0 Å². The summed E-state index contributed by atoms with van der Waals surface area (Å²) in [6, 6.07) is 14.2. The monoisotopic (exact) mass is 294 g/mol. The van der Waals surface area contributed by atoms with Gasteiger partial charge in [-0.3, -0.25) is 0 Å². The standard InChI is InChI=1S/C14H12BrFO/c15-9-10-17-12-7-5-11(6-8-12)13-3-1-2-4-14(13)16/h1-8H,9-10H2. The molecule has 0 bridgehead atoms. The minimum atomic E-state index is -0.207. The van der Waals surface area contributed by atoms with Crippen molar-refractivity contribution in [3.05, 3.63) is 54.3 Å². The van der Waals surface area contributed by atoms with Gasteiger partial charge in [-0.1, -0.05) is 46.3 Å². The van der Waals surface area contributed by atoms with Crippen molar-refractivity contribution in [2.24, 2.45) is 0 Å². The van der Waals surface area contributed by atoms with Crippen molar-refractivity contribution >= 4 is 15.9 Å². The fourth-order valence-corrected chi connectivity index (χ4v) is 1.74. The number of hydrogen-bond donors (Lipinski definition) is 0. The highest BCUT2D eigenvalue weighted by atomic mass is 79.9. The molecule has 0 unspecified atom stereocenters. The van der Waals surface area contributed by atoms with E-state index in [0.717, 1.165) is 16.6 Å². The molecule has 0 saturated carbocycles. The molecule has 0 fully saturated rings. The van der Waals surface area contributed by atoms with Crippen LogP contribution >= 0.6 is 15.9 Å². The Morgan fingerprint density at radius 1 is 1.00 bits per heavy atom. The second-order valence-corrected chi connectivity index (χ2v) is 4.33. The highest BCUT2D eigenvalue weighted by molar-refractivity contribution is 9.09. The smallest absolute Gasteiger partial charge is 0.131 e. The van der Waals surface area contributed by atoms with Crippen molar-refractivity contribution in [1.82, 2.24) is 0 Å². The maximum absolute atomic E-state index is 13.5. The Morgan fingerprint density at radius 3 is 2.35 bits per heavy atom. The third kappa shape index (κ3) is 3.07. The summed E-state index contributed by atoms with van der Waals surface area (Å²) in [5.74, 6) is 0.589. The molecule has 0 aromatic heterocycles. The lowest BCUT2D eigenvalue weighted by atomic mass is 10.1. The van der Waals surface area contributed by atoms with Crippen molar-refractivity contribution in [2.75, 3.05) is 11.9 Å². The van der Waals surface area contributed by atoms with Gasteiger partial charge in [-0.05, 0) is 23.8 Å². The van der Waals surface area contributed by atoms with Gasteiger partial charge in [0, 0.05) is 10.9 Å². The summed E-state index contributed by atoms with van der Waals surface area (Å²) in [4.78, 5) is 0. The Balaban J connectivity index is 2.21. The molecule has 0 aliphatic rings. The zero-order chi connectivity index (χ0) is 12.1. The van der Waals surface area contributed by atoms with E-state index in [2.05, 4.69) is 15.9 Å². The molecule has 0 heterocycles. The molecule has 1 nitrogen and oxygen atoms in total. The predicted octanol–water partition coefficient (Wildman–Crippen LogP) is 4.27. The van der Waals surface area contributed by atoms with E-state index in [1.165, 1.54) is 6.07 Å². The Kier molecular flexibility index (Phi) is 4.15. The molecule has 0 aliphatic carbocycles. The van der Waals surface area contributed by atoms with Gasteiger partial charge in [-0.25, -0.2) is 4.39 Å². The zero-order valence-corrected chi connectivity index (χ0v) is 10.8. The first-order chi connectivity index (χ1) is 8.31. The number of ether oxygens (including phenoxy) is 1. The molecule has 2 rings (SSSR count). The Labute approximate surface area is 108 Å². The van der Waals surface area contributed by atoms with Crippen molar-refractivity contribution in [1.29, 1.82) is 0 Å². The quantitative estimate of drug-likeness (QED) is 0.766. The first-order valence-electron chi connectivity index (χ1n) is 5.35. The molecule has 0 amide bonds. The third-order valence-corrected chi connectivity index (χ3v) is 2.71. The molecule has 17 heavy (non-hydrogen) atoms. The molecule has 0 spiro atoms. The third-order valence-electron chi connectivity index (χ3n) is 2.39. The number of alkyl halides is 1. The summed E-state index contributed by atoms with van der Waals surface area (Å²) in [5.41, 5.74) is 1.47. The van der Waals surface area contributed by atoms with Crippen LogP contribution in [-0.4, -0.2) is 11.9 Å². The van der Waals surface area contributed by atoms with Crippen LogP contribution in [0, 0.1) is 5.82 Å². The van der Waals surface area contributed by atoms with E-state index in [9.17, 15) is 4.39 Å². The van der Waals surface area contributed by atoms with E-state index >= 15 is 0 Å². The molecule has 0 saturated heterocycles. The van der Waals surface area contributed by atoms with Gasteiger partial charge in [0.1, 0.15) is 11.6 Å². The topological polar surface area (TPSA) is 9.23 Å². The normalized spacial score (nSPS) is 10.2. The number of halogens is 2. The van der Waals surface area contributed by atoms with Crippen LogP contribution in [0.1, 0.15) is 0 Å². The van der Waals surface area contributed by atoms with Gasteiger partial charge in [0.25, 0.3) is 0 Å². The van der Waals surface area contributed by atoms with E-state index in [4.69, 9.17) is 4.74 Å². The lowest BCUT2D eigenvalue weighted by molar-refractivity contribution is 0.345. The van der Waals surface area contributed by atoms with Gasteiger partial charge < -0.3 is 4.74 Å². The Hall–Kier alpha value is -1.35. The summed E-state index contributed by atoms with van der Waals surface area (Å²) in [6.07, 6.45) is 0. The summed E-state index contributed by atoms with van der Waals surface area (Å²) in [7, 11) is 0. The zero-order valence-electron chi connectivity index (χ0n) is 9.20. The molecule has 88 valence electrons. The SMILES string of the molecule is Fc1ccccc1-c1ccc(OCCBr)cc1. The minimum Gasteiger partial charge on any atom is -0.493 e. The maximum Gasteiger partial charge on any atom is 0.131 e. The van der Waals surface area contributed by atoms with Crippen LogP contribution in [0.3, 0.4) is 0 Å². The van der Waals surface area contributed by atoms with Crippen LogP contribution in [-0.2, 0) is 0 Å². The largest absolute Gasteiger partial charge is 0.493 e. The molecule has 2 aromatic rings. The Morgan fingerprint density at radius 2 is 1.71 bits per heavy atom. The maximum atomic E-state index is 13.5. The van der Waals surface area contributed by atoms with E-state index in [1.807, 2.05) is 30.3 Å². The predicted molar refractivity (Wildman–Crippen MR) is 71.1 cm³/mol. The molecule has 0 N–H and O–H groups in total. The minimum absolute atomic E-state index is 0.207. The molecule has 0 atom stereocenters. The number of benzene rings is 2. The van der Waals surface area contributed by atoms with Gasteiger partial charge >= 0.3 is 0 Å². The summed E-state index contributed by atoms with van der Waals surface area (Å²) >= 11 is 3.29. The summed E-state index contributed by atoms with van der Waals surface area (Å²) < 4.78 is 19.0. The summed E-state index contributed by atoms with van der Waals surface area (Å²) in [6.45, 7) is 0.624. The van der Waals surface area contributed by atoms with Gasteiger partial charge in [0.15, 0.2) is 0 Å². The van der Waals surface area contributed by atoms with E-state index < -0.39 is 0 Å². The highest BCUT2D eigenvalue weighted by Gasteiger charge is 2.03. The van der Waals surface area contributed by atoms with Crippen LogP contribution in [0.15, 0.2) is 48.5 Å². The summed E-state index contributed by atoms with van der Waals surface area (Å²) in [5, 5.41) is 0.794. The van der Waals surface area contributed by atoms with Crippen LogP contribution in [0.4, 0.5) is 4.39 Å². The van der Waals surface area contributed by atoms with Crippen LogP contribution in [0.25, 0.3) is 11.1 Å². The number of rotatable bonds is 4. The highest BCUT2D eigenvalue weighted by Crippen LogP contribution is 2.24. The van der Waals surface area contributed by atoms with E-state index in [-0.39, 0.29) is 5.82 Å². The van der Waals surface area contributed by atoms with Gasteiger partial charge in [0.2, 0.25) is 0 Å². The fraction of sp³-hybridized carbons (Fsp3) is 0.143. The average Bonchev–Trinajstić information content (AvgIpc) is 2.38.